The molecule has 1 aliphatic rings. The van der Waals surface area contributed by atoms with Gasteiger partial charge in [0.25, 0.3) is 0 Å². The summed E-state index contributed by atoms with van der Waals surface area (Å²) in [6.07, 6.45) is 5.67. The maximum atomic E-state index is 11.3. The lowest BCUT2D eigenvalue weighted by Gasteiger charge is -2.32. The number of carbonyl (C=O) groups is 1. The van der Waals surface area contributed by atoms with Crippen LogP contribution in [0, 0.1) is 0 Å². The Morgan fingerprint density at radius 3 is 2.60 bits per heavy atom. The van der Waals surface area contributed by atoms with Crippen molar-refractivity contribution in [1.82, 2.24) is 9.88 Å². The SMILES string of the molecule is CC(=O)N1CCC(Nc2cncc(C(C)(C)S)c2)CC1. The van der Waals surface area contributed by atoms with Gasteiger partial charge in [-0.25, -0.2) is 0 Å². The molecule has 0 unspecified atom stereocenters. The van der Waals surface area contributed by atoms with E-state index in [9.17, 15) is 4.79 Å². The lowest BCUT2D eigenvalue weighted by molar-refractivity contribution is -0.129. The van der Waals surface area contributed by atoms with Crippen molar-refractivity contribution in [2.24, 2.45) is 0 Å². The first kappa shape index (κ1) is 15.2. The lowest BCUT2D eigenvalue weighted by atomic mass is 10.0. The molecule has 1 amide bonds. The van der Waals surface area contributed by atoms with Gasteiger partial charge in [-0.1, -0.05) is 0 Å². The Balaban J connectivity index is 1.96. The van der Waals surface area contributed by atoms with Crippen molar-refractivity contribution < 1.29 is 4.79 Å². The van der Waals surface area contributed by atoms with Gasteiger partial charge in [0.15, 0.2) is 0 Å². The van der Waals surface area contributed by atoms with Crippen LogP contribution in [0.25, 0.3) is 0 Å². The van der Waals surface area contributed by atoms with Crippen molar-refractivity contribution in [1.29, 1.82) is 0 Å². The first-order valence-electron chi connectivity index (χ1n) is 7.06. The molecule has 0 spiro atoms. The topological polar surface area (TPSA) is 45.2 Å². The van der Waals surface area contributed by atoms with Crippen LogP contribution in [0.4, 0.5) is 5.69 Å². The van der Waals surface area contributed by atoms with Crippen molar-refractivity contribution in [3.8, 4) is 0 Å². The third-order valence-electron chi connectivity index (χ3n) is 3.76. The molecule has 0 atom stereocenters. The Bertz CT molecular complexity index is 476. The highest BCUT2D eigenvalue weighted by Crippen LogP contribution is 2.28. The van der Waals surface area contributed by atoms with Crippen LogP contribution in [-0.2, 0) is 9.54 Å². The van der Waals surface area contributed by atoms with E-state index in [0.29, 0.717) is 6.04 Å². The number of thiol groups is 1. The molecule has 1 N–H and O–H groups in total. The molecule has 2 rings (SSSR count). The van der Waals surface area contributed by atoms with Gasteiger partial charge in [0, 0.05) is 43.2 Å². The smallest absolute Gasteiger partial charge is 0.219 e. The van der Waals surface area contributed by atoms with Crippen LogP contribution in [0.15, 0.2) is 18.5 Å². The third kappa shape index (κ3) is 3.88. The number of pyridine rings is 1. The molecule has 1 saturated heterocycles. The van der Waals surface area contributed by atoms with Crippen LogP contribution in [0.1, 0.15) is 39.2 Å². The van der Waals surface area contributed by atoms with Crippen LogP contribution >= 0.6 is 12.6 Å². The average Bonchev–Trinajstić information content (AvgIpc) is 2.38. The number of hydrogen-bond donors (Lipinski definition) is 2. The van der Waals surface area contributed by atoms with E-state index in [1.165, 1.54) is 0 Å². The second kappa shape index (κ2) is 6.04. The number of nitrogens with zero attached hydrogens (tertiary/aromatic N) is 2. The van der Waals surface area contributed by atoms with Crippen LogP contribution in [0.2, 0.25) is 0 Å². The minimum atomic E-state index is -0.192. The summed E-state index contributed by atoms with van der Waals surface area (Å²) >= 11 is 4.58. The van der Waals surface area contributed by atoms with Gasteiger partial charge >= 0.3 is 0 Å². The summed E-state index contributed by atoms with van der Waals surface area (Å²) in [5, 5.41) is 3.52. The van der Waals surface area contributed by atoms with Crippen LogP contribution in [0.5, 0.6) is 0 Å². The first-order chi connectivity index (χ1) is 9.36. The van der Waals surface area contributed by atoms with E-state index in [1.807, 2.05) is 17.3 Å². The average molecular weight is 293 g/mol. The highest BCUT2D eigenvalue weighted by atomic mass is 32.1. The monoisotopic (exact) mass is 293 g/mol. The summed E-state index contributed by atoms with van der Waals surface area (Å²) < 4.78 is -0.192. The molecule has 0 aliphatic carbocycles. The second-order valence-corrected chi connectivity index (χ2v) is 7.06. The van der Waals surface area contributed by atoms with E-state index in [0.717, 1.165) is 37.2 Å². The van der Waals surface area contributed by atoms with Crippen LogP contribution in [0.3, 0.4) is 0 Å². The molecule has 0 saturated carbocycles. The molecule has 110 valence electrons. The Morgan fingerprint density at radius 2 is 2.05 bits per heavy atom. The fraction of sp³-hybridized carbons (Fsp3) is 0.600. The molecule has 4 nitrogen and oxygen atoms in total. The van der Waals surface area contributed by atoms with E-state index in [4.69, 9.17) is 0 Å². The largest absolute Gasteiger partial charge is 0.381 e. The van der Waals surface area contributed by atoms with Crippen molar-refractivity contribution in [3.05, 3.63) is 24.0 Å². The Morgan fingerprint density at radius 1 is 1.40 bits per heavy atom. The molecule has 1 fully saturated rings. The number of nitrogens with one attached hydrogen (secondary N) is 1. The summed E-state index contributed by atoms with van der Waals surface area (Å²) in [4.78, 5) is 17.5. The summed E-state index contributed by atoms with van der Waals surface area (Å²) in [5.41, 5.74) is 2.14. The molecule has 0 aromatic carbocycles. The summed E-state index contributed by atoms with van der Waals surface area (Å²) in [6.45, 7) is 7.41. The molecule has 2 heterocycles. The van der Waals surface area contributed by atoms with Gasteiger partial charge < -0.3 is 10.2 Å². The maximum absolute atomic E-state index is 11.3. The van der Waals surface area contributed by atoms with E-state index < -0.39 is 0 Å². The molecule has 1 aliphatic heterocycles. The molecule has 5 heteroatoms. The number of anilines is 1. The predicted octanol–water partition coefficient (Wildman–Crippen LogP) is 2.67. The summed E-state index contributed by atoms with van der Waals surface area (Å²) in [5.74, 6) is 0.170. The highest BCUT2D eigenvalue weighted by molar-refractivity contribution is 7.81. The molecule has 0 bridgehead atoms. The number of carbonyl (C=O) groups excluding carboxylic acids is 1. The van der Waals surface area contributed by atoms with Gasteiger partial charge in [-0.2, -0.15) is 12.6 Å². The fourth-order valence-corrected chi connectivity index (χ4v) is 2.55. The van der Waals surface area contributed by atoms with Gasteiger partial charge in [0.1, 0.15) is 0 Å². The molecule has 20 heavy (non-hydrogen) atoms. The zero-order valence-electron chi connectivity index (χ0n) is 12.4. The van der Waals surface area contributed by atoms with Gasteiger partial charge in [-0.15, -0.1) is 0 Å². The quantitative estimate of drug-likeness (QED) is 0.842. The van der Waals surface area contributed by atoms with E-state index in [2.05, 4.69) is 42.8 Å². The van der Waals surface area contributed by atoms with Crippen molar-refractivity contribution >= 4 is 24.2 Å². The number of hydrogen-bond acceptors (Lipinski definition) is 4. The minimum Gasteiger partial charge on any atom is -0.381 e. The van der Waals surface area contributed by atoms with Crippen molar-refractivity contribution in [2.75, 3.05) is 18.4 Å². The van der Waals surface area contributed by atoms with Crippen molar-refractivity contribution in [2.45, 2.75) is 44.4 Å². The van der Waals surface area contributed by atoms with Crippen molar-refractivity contribution in [3.63, 3.8) is 0 Å². The Kier molecular flexibility index (Phi) is 4.58. The standard InChI is InChI=1S/C15H23N3OS/c1-11(19)18-6-4-13(5-7-18)17-14-8-12(9-16-10-14)15(2,3)20/h8-10,13,17,20H,4-7H2,1-3H3. The molecular weight excluding hydrogens is 270 g/mol. The summed E-state index contributed by atoms with van der Waals surface area (Å²) in [7, 11) is 0. The normalized spacial score (nSPS) is 17.1. The lowest BCUT2D eigenvalue weighted by Crippen LogP contribution is -2.41. The maximum Gasteiger partial charge on any atom is 0.219 e. The van der Waals surface area contributed by atoms with E-state index in [1.54, 1.807) is 6.92 Å². The van der Waals surface area contributed by atoms with Gasteiger partial charge in [0.2, 0.25) is 5.91 Å². The third-order valence-corrected chi connectivity index (χ3v) is 4.01. The Labute approximate surface area is 126 Å². The van der Waals surface area contributed by atoms with Gasteiger partial charge in [-0.05, 0) is 38.3 Å². The number of rotatable bonds is 3. The fourth-order valence-electron chi connectivity index (χ4n) is 2.43. The molecular formula is C15H23N3OS. The first-order valence-corrected chi connectivity index (χ1v) is 7.51. The predicted molar refractivity (Wildman–Crippen MR) is 85.1 cm³/mol. The van der Waals surface area contributed by atoms with Crippen LogP contribution in [-0.4, -0.2) is 34.9 Å². The second-order valence-electron chi connectivity index (χ2n) is 5.95. The number of amides is 1. The zero-order valence-corrected chi connectivity index (χ0v) is 13.3. The Hall–Kier alpha value is -1.23. The molecule has 1 aromatic rings. The van der Waals surface area contributed by atoms with E-state index in [-0.39, 0.29) is 10.7 Å². The number of piperidine rings is 1. The summed E-state index contributed by atoms with van der Waals surface area (Å²) in [6, 6.07) is 2.52. The molecule has 1 aromatic heterocycles. The number of likely N-dealkylation sites (tertiary alicyclic amines) is 1. The van der Waals surface area contributed by atoms with E-state index >= 15 is 0 Å². The number of aromatic nitrogens is 1. The zero-order chi connectivity index (χ0) is 14.8. The minimum absolute atomic E-state index is 0.170. The van der Waals surface area contributed by atoms with Gasteiger partial charge in [0.05, 0.1) is 5.69 Å². The van der Waals surface area contributed by atoms with Gasteiger partial charge in [-0.3, -0.25) is 9.78 Å². The van der Waals surface area contributed by atoms with Crippen LogP contribution < -0.4 is 5.32 Å². The molecule has 0 radical (unpaired) electrons. The highest BCUT2D eigenvalue weighted by Gasteiger charge is 2.21.